The highest BCUT2D eigenvalue weighted by Gasteiger charge is 2.09. The second-order valence-corrected chi connectivity index (χ2v) is 4.46. The second kappa shape index (κ2) is 8.35. The summed E-state index contributed by atoms with van der Waals surface area (Å²) in [5, 5.41) is 6.34. The molecule has 0 aliphatic heterocycles. The molecular formula is C14H25N5O. The molecule has 112 valence electrons. The summed E-state index contributed by atoms with van der Waals surface area (Å²) < 4.78 is 0. The maximum atomic E-state index is 11.9. The van der Waals surface area contributed by atoms with Crippen LogP contribution in [0, 0.1) is 6.92 Å². The van der Waals surface area contributed by atoms with Gasteiger partial charge in [0.15, 0.2) is 0 Å². The van der Waals surface area contributed by atoms with Crippen LogP contribution < -0.4 is 10.6 Å². The summed E-state index contributed by atoms with van der Waals surface area (Å²) in [6.45, 7) is 10.8. The molecular weight excluding hydrogens is 254 g/mol. The zero-order chi connectivity index (χ0) is 15.0. The number of hydrogen-bond acceptors (Lipinski definition) is 5. The number of nitrogens with zero attached hydrogens (tertiary/aromatic N) is 3. The van der Waals surface area contributed by atoms with Gasteiger partial charge in [-0.2, -0.15) is 0 Å². The van der Waals surface area contributed by atoms with Crippen LogP contribution in [0.15, 0.2) is 6.07 Å². The zero-order valence-corrected chi connectivity index (χ0v) is 12.9. The Morgan fingerprint density at radius 3 is 2.30 bits per heavy atom. The number of hydrogen-bond donors (Lipinski definition) is 2. The highest BCUT2D eigenvalue weighted by molar-refractivity contribution is 5.76. The maximum absolute atomic E-state index is 11.9. The zero-order valence-electron chi connectivity index (χ0n) is 12.9. The van der Waals surface area contributed by atoms with Gasteiger partial charge in [0.25, 0.3) is 0 Å². The minimum absolute atomic E-state index is 0.167. The van der Waals surface area contributed by atoms with Crippen molar-refractivity contribution >= 4 is 17.5 Å². The predicted molar refractivity (Wildman–Crippen MR) is 82.0 cm³/mol. The van der Waals surface area contributed by atoms with Crippen molar-refractivity contribution in [1.29, 1.82) is 0 Å². The molecule has 1 aromatic rings. The van der Waals surface area contributed by atoms with Crippen molar-refractivity contribution < 1.29 is 4.79 Å². The van der Waals surface area contributed by atoms with E-state index in [0.717, 1.165) is 31.3 Å². The molecule has 0 aliphatic carbocycles. The fourth-order valence-electron chi connectivity index (χ4n) is 1.96. The molecule has 1 amide bonds. The van der Waals surface area contributed by atoms with E-state index < -0.39 is 0 Å². The average molecular weight is 279 g/mol. The first-order valence-electron chi connectivity index (χ1n) is 7.21. The van der Waals surface area contributed by atoms with Crippen molar-refractivity contribution in [1.82, 2.24) is 14.9 Å². The van der Waals surface area contributed by atoms with Crippen LogP contribution in [0.3, 0.4) is 0 Å². The largest absolute Gasteiger partial charge is 0.370 e. The molecule has 2 N–H and O–H groups in total. The summed E-state index contributed by atoms with van der Waals surface area (Å²) in [5.41, 5.74) is 0. The summed E-state index contributed by atoms with van der Waals surface area (Å²) in [6.07, 6.45) is 0.473. The van der Waals surface area contributed by atoms with Crippen LogP contribution in [0.5, 0.6) is 0 Å². The van der Waals surface area contributed by atoms with E-state index in [2.05, 4.69) is 20.6 Å². The van der Waals surface area contributed by atoms with E-state index in [1.165, 1.54) is 0 Å². The monoisotopic (exact) mass is 279 g/mol. The third-order valence-corrected chi connectivity index (χ3v) is 2.96. The lowest BCUT2D eigenvalue weighted by Gasteiger charge is -2.18. The van der Waals surface area contributed by atoms with E-state index in [1.54, 1.807) is 0 Å². The Kier molecular flexibility index (Phi) is 6.76. The quantitative estimate of drug-likeness (QED) is 0.760. The third kappa shape index (κ3) is 5.03. The molecule has 0 aromatic carbocycles. The molecule has 0 bridgehead atoms. The highest BCUT2D eigenvalue weighted by Crippen LogP contribution is 2.10. The van der Waals surface area contributed by atoms with E-state index in [9.17, 15) is 4.79 Å². The SMILES string of the molecule is CCNc1cc(NCCC(=O)N(CC)CC)nc(C)n1. The van der Waals surface area contributed by atoms with Crippen molar-refractivity contribution in [2.45, 2.75) is 34.1 Å². The van der Waals surface area contributed by atoms with Gasteiger partial charge in [0.1, 0.15) is 17.5 Å². The van der Waals surface area contributed by atoms with Gasteiger partial charge >= 0.3 is 0 Å². The second-order valence-electron chi connectivity index (χ2n) is 4.46. The first-order chi connectivity index (χ1) is 9.60. The van der Waals surface area contributed by atoms with Crippen molar-refractivity contribution in [3.05, 3.63) is 11.9 Å². The number of anilines is 2. The van der Waals surface area contributed by atoms with E-state index in [4.69, 9.17) is 0 Å². The fraction of sp³-hybridized carbons (Fsp3) is 0.643. The van der Waals surface area contributed by atoms with E-state index in [1.807, 2.05) is 38.7 Å². The Morgan fingerprint density at radius 2 is 1.75 bits per heavy atom. The lowest BCUT2D eigenvalue weighted by atomic mass is 10.3. The summed E-state index contributed by atoms with van der Waals surface area (Å²) in [5.74, 6) is 2.43. The normalized spacial score (nSPS) is 10.2. The number of amides is 1. The first-order valence-corrected chi connectivity index (χ1v) is 7.21. The lowest BCUT2D eigenvalue weighted by Crippen LogP contribution is -2.31. The van der Waals surface area contributed by atoms with Crippen LogP contribution in [0.25, 0.3) is 0 Å². The molecule has 0 unspecified atom stereocenters. The molecule has 20 heavy (non-hydrogen) atoms. The molecule has 0 aliphatic rings. The average Bonchev–Trinajstić information content (AvgIpc) is 2.40. The molecule has 0 radical (unpaired) electrons. The molecule has 0 fully saturated rings. The molecule has 0 saturated carbocycles. The van der Waals surface area contributed by atoms with Gasteiger partial charge in [-0.05, 0) is 27.7 Å². The number of carbonyl (C=O) groups is 1. The van der Waals surface area contributed by atoms with Crippen LogP contribution in [0.4, 0.5) is 11.6 Å². The Hall–Kier alpha value is -1.85. The van der Waals surface area contributed by atoms with Gasteiger partial charge in [-0.25, -0.2) is 9.97 Å². The van der Waals surface area contributed by atoms with Crippen molar-refractivity contribution in [3.63, 3.8) is 0 Å². The number of nitrogens with one attached hydrogen (secondary N) is 2. The summed E-state index contributed by atoms with van der Waals surface area (Å²) in [6, 6.07) is 1.86. The van der Waals surface area contributed by atoms with E-state index >= 15 is 0 Å². The topological polar surface area (TPSA) is 70.2 Å². The van der Waals surface area contributed by atoms with Crippen LogP contribution >= 0.6 is 0 Å². The summed E-state index contributed by atoms with van der Waals surface area (Å²) in [4.78, 5) is 22.3. The van der Waals surface area contributed by atoms with Crippen LogP contribution in [0.2, 0.25) is 0 Å². The smallest absolute Gasteiger partial charge is 0.224 e. The maximum Gasteiger partial charge on any atom is 0.224 e. The van der Waals surface area contributed by atoms with Crippen LogP contribution in [-0.2, 0) is 4.79 Å². The molecule has 6 nitrogen and oxygen atoms in total. The van der Waals surface area contributed by atoms with Crippen molar-refractivity contribution in [3.8, 4) is 0 Å². The van der Waals surface area contributed by atoms with Gasteiger partial charge < -0.3 is 15.5 Å². The summed E-state index contributed by atoms with van der Waals surface area (Å²) >= 11 is 0. The van der Waals surface area contributed by atoms with Crippen LogP contribution in [0.1, 0.15) is 33.0 Å². The Bertz CT molecular complexity index is 432. The Morgan fingerprint density at radius 1 is 1.15 bits per heavy atom. The molecule has 0 saturated heterocycles. The Labute approximate surface area is 121 Å². The van der Waals surface area contributed by atoms with E-state index in [0.29, 0.717) is 18.8 Å². The lowest BCUT2D eigenvalue weighted by molar-refractivity contribution is -0.130. The van der Waals surface area contributed by atoms with Crippen LogP contribution in [-0.4, -0.2) is 47.0 Å². The number of rotatable bonds is 8. The highest BCUT2D eigenvalue weighted by atomic mass is 16.2. The number of aromatic nitrogens is 2. The standard InChI is InChI=1S/C14H25N5O/c1-5-15-12-10-13(18-11(4)17-12)16-9-8-14(20)19(6-2)7-3/h10H,5-9H2,1-4H3,(H2,15,16,17,18). The molecule has 0 spiro atoms. The molecule has 1 aromatic heterocycles. The third-order valence-electron chi connectivity index (χ3n) is 2.96. The van der Waals surface area contributed by atoms with Crippen molar-refractivity contribution in [2.75, 3.05) is 36.8 Å². The van der Waals surface area contributed by atoms with Gasteiger partial charge in [0.05, 0.1) is 0 Å². The van der Waals surface area contributed by atoms with Gasteiger partial charge in [-0.1, -0.05) is 0 Å². The molecule has 6 heteroatoms. The first kappa shape index (κ1) is 16.2. The van der Waals surface area contributed by atoms with Gasteiger partial charge in [0, 0.05) is 38.7 Å². The van der Waals surface area contributed by atoms with Gasteiger partial charge in [-0.15, -0.1) is 0 Å². The predicted octanol–water partition coefficient (Wildman–Crippen LogP) is 1.89. The molecule has 1 heterocycles. The summed E-state index contributed by atoms with van der Waals surface area (Å²) in [7, 11) is 0. The van der Waals surface area contributed by atoms with Gasteiger partial charge in [-0.3, -0.25) is 4.79 Å². The molecule has 0 atom stereocenters. The Balaban J connectivity index is 2.51. The van der Waals surface area contributed by atoms with Crippen molar-refractivity contribution in [2.24, 2.45) is 0 Å². The number of carbonyl (C=O) groups excluding carboxylic acids is 1. The minimum Gasteiger partial charge on any atom is -0.370 e. The fourth-order valence-corrected chi connectivity index (χ4v) is 1.96. The number of aryl methyl sites for hydroxylation is 1. The minimum atomic E-state index is 0.167. The van der Waals surface area contributed by atoms with E-state index in [-0.39, 0.29) is 5.91 Å². The van der Waals surface area contributed by atoms with Gasteiger partial charge in [0.2, 0.25) is 5.91 Å². The molecule has 1 rings (SSSR count).